The third-order valence-electron chi connectivity index (χ3n) is 3.28. The summed E-state index contributed by atoms with van der Waals surface area (Å²) in [6.45, 7) is 3.00. The minimum absolute atomic E-state index is 0.0633. The Morgan fingerprint density at radius 1 is 1.46 bits per heavy atom. The van der Waals surface area contributed by atoms with Crippen molar-refractivity contribution in [1.29, 1.82) is 0 Å². The predicted molar refractivity (Wildman–Crippen MR) is 85.6 cm³/mol. The molecular weight excluding hydrogens is 332 g/mol. The molecule has 3 rings (SSSR count). The number of imide groups is 1. The lowest BCUT2D eigenvalue weighted by Gasteiger charge is -2.10. The number of nitrogens with one attached hydrogen (secondary N) is 1. The Labute approximate surface area is 142 Å². The average Bonchev–Trinajstić information content (AvgIpc) is 3.19. The Kier molecular flexibility index (Phi) is 4.99. The van der Waals surface area contributed by atoms with Gasteiger partial charge in [-0.1, -0.05) is 23.9 Å². The van der Waals surface area contributed by atoms with Crippen molar-refractivity contribution in [2.45, 2.75) is 18.8 Å². The van der Waals surface area contributed by atoms with E-state index in [-0.39, 0.29) is 29.5 Å². The summed E-state index contributed by atoms with van der Waals surface area (Å²) in [6, 6.07) is 7.27. The summed E-state index contributed by atoms with van der Waals surface area (Å²) < 4.78 is 11.0. The first-order chi connectivity index (χ1) is 11.6. The number of aryl methyl sites for hydroxylation is 1. The fourth-order valence-electron chi connectivity index (χ4n) is 2.12. The van der Waals surface area contributed by atoms with Crippen LogP contribution in [0.5, 0.6) is 5.75 Å². The molecule has 1 aromatic heterocycles. The van der Waals surface area contributed by atoms with E-state index in [4.69, 9.17) is 9.15 Å². The van der Waals surface area contributed by atoms with Crippen LogP contribution in [0.4, 0.5) is 4.79 Å². The zero-order valence-corrected chi connectivity index (χ0v) is 13.8. The van der Waals surface area contributed by atoms with E-state index in [1.807, 2.05) is 31.2 Å². The molecule has 3 amide bonds. The number of nitrogens with zero attached hydrogens (tertiary/aromatic N) is 3. The van der Waals surface area contributed by atoms with E-state index < -0.39 is 0 Å². The highest BCUT2D eigenvalue weighted by molar-refractivity contribution is 7.99. The Bertz CT molecular complexity index is 749. The molecular formula is C15H16N4O4S. The smallest absolute Gasteiger partial charge is 0.324 e. The number of carbonyl (C=O) groups is 2. The maximum absolute atomic E-state index is 11.9. The van der Waals surface area contributed by atoms with E-state index in [9.17, 15) is 9.59 Å². The molecule has 2 heterocycles. The lowest BCUT2D eigenvalue weighted by Crippen LogP contribution is -2.35. The maximum Gasteiger partial charge on any atom is 0.324 e. The Balaban J connectivity index is 1.48. The zero-order valence-electron chi connectivity index (χ0n) is 13.0. The van der Waals surface area contributed by atoms with Crippen molar-refractivity contribution in [1.82, 2.24) is 20.4 Å². The molecule has 0 spiro atoms. The van der Waals surface area contributed by atoms with Gasteiger partial charge in [0.25, 0.3) is 11.1 Å². The topological polar surface area (TPSA) is 97.6 Å². The van der Waals surface area contributed by atoms with Crippen molar-refractivity contribution in [2.24, 2.45) is 0 Å². The van der Waals surface area contributed by atoms with Crippen molar-refractivity contribution >= 4 is 23.7 Å². The van der Waals surface area contributed by atoms with Crippen molar-refractivity contribution in [3.05, 3.63) is 35.7 Å². The number of hydrogen-bond donors (Lipinski definition) is 1. The van der Waals surface area contributed by atoms with Gasteiger partial charge >= 0.3 is 6.03 Å². The van der Waals surface area contributed by atoms with Gasteiger partial charge in [-0.05, 0) is 24.6 Å². The Morgan fingerprint density at radius 3 is 3.08 bits per heavy atom. The molecule has 1 aromatic carbocycles. The molecule has 9 heteroatoms. The third-order valence-corrected chi connectivity index (χ3v) is 4.08. The van der Waals surface area contributed by atoms with Crippen LogP contribution in [0.2, 0.25) is 0 Å². The van der Waals surface area contributed by atoms with Crippen LogP contribution in [-0.2, 0) is 11.4 Å². The second-order valence-electron chi connectivity index (χ2n) is 5.13. The van der Waals surface area contributed by atoms with Crippen LogP contribution < -0.4 is 10.1 Å². The molecule has 8 nitrogen and oxygen atoms in total. The number of urea groups is 1. The van der Waals surface area contributed by atoms with Gasteiger partial charge in [-0.2, -0.15) is 0 Å². The van der Waals surface area contributed by atoms with E-state index >= 15 is 0 Å². The zero-order chi connectivity index (χ0) is 16.9. The summed E-state index contributed by atoms with van der Waals surface area (Å²) in [5.41, 5.74) is 1.10. The summed E-state index contributed by atoms with van der Waals surface area (Å²) in [5, 5.41) is 10.6. The van der Waals surface area contributed by atoms with Gasteiger partial charge in [-0.15, -0.1) is 10.2 Å². The maximum atomic E-state index is 11.9. The van der Waals surface area contributed by atoms with E-state index in [0.29, 0.717) is 19.0 Å². The lowest BCUT2D eigenvalue weighted by molar-refractivity contribution is -0.124. The number of aromatic nitrogens is 2. The first-order valence-corrected chi connectivity index (χ1v) is 8.33. The van der Waals surface area contributed by atoms with Crippen LogP contribution in [0.15, 0.2) is 33.9 Å². The van der Waals surface area contributed by atoms with Gasteiger partial charge < -0.3 is 14.5 Å². The molecule has 1 fully saturated rings. The normalized spacial score (nSPS) is 13.9. The SMILES string of the molecule is Cc1cccc(OCc2nnc(SCC(=O)N3CCNC3=O)o2)c1. The molecule has 1 saturated heterocycles. The summed E-state index contributed by atoms with van der Waals surface area (Å²) in [6.07, 6.45) is 0. The number of thioether (sulfide) groups is 1. The van der Waals surface area contributed by atoms with Crippen LogP contribution in [-0.4, -0.2) is 45.9 Å². The lowest BCUT2D eigenvalue weighted by atomic mass is 10.2. The molecule has 1 aliphatic heterocycles. The number of benzene rings is 1. The monoisotopic (exact) mass is 348 g/mol. The number of amides is 3. The highest BCUT2D eigenvalue weighted by Crippen LogP contribution is 2.19. The highest BCUT2D eigenvalue weighted by atomic mass is 32.2. The molecule has 0 aliphatic carbocycles. The van der Waals surface area contributed by atoms with Gasteiger partial charge in [0.15, 0.2) is 6.61 Å². The molecule has 24 heavy (non-hydrogen) atoms. The van der Waals surface area contributed by atoms with Gasteiger partial charge in [-0.3, -0.25) is 9.69 Å². The summed E-state index contributed by atoms with van der Waals surface area (Å²) in [4.78, 5) is 24.5. The number of carbonyl (C=O) groups excluding carboxylic acids is 2. The summed E-state index contributed by atoms with van der Waals surface area (Å²) in [7, 11) is 0. The molecule has 126 valence electrons. The fraction of sp³-hybridized carbons (Fsp3) is 0.333. The van der Waals surface area contributed by atoms with E-state index in [1.165, 1.54) is 4.90 Å². The van der Waals surface area contributed by atoms with E-state index in [0.717, 1.165) is 23.1 Å². The van der Waals surface area contributed by atoms with E-state index in [2.05, 4.69) is 15.5 Å². The minimum atomic E-state index is -0.363. The molecule has 2 aromatic rings. The van der Waals surface area contributed by atoms with Gasteiger partial charge in [0.05, 0.1) is 5.75 Å². The average molecular weight is 348 g/mol. The van der Waals surface area contributed by atoms with Crippen LogP contribution in [0.1, 0.15) is 11.5 Å². The largest absolute Gasteiger partial charge is 0.484 e. The van der Waals surface area contributed by atoms with Gasteiger partial charge in [0.2, 0.25) is 5.91 Å². The van der Waals surface area contributed by atoms with Gasteiger partial charge in [0, 0.05) is 13.1 Å². The highest BCUT2D eigenvalue weighted by Gasteiger charge is 2.26. The summed E-state index contributed by atoms with van der Waals surface area (Å²) in [5.74, 6) is 0.821. The van der Waals surface area contributed by atoms with Crippen LogP contribution in [0.3, 0.4) is 0 Å². The Morgan fingerprint density at radius 2 is 2.33 bits per heavy atom. The van der Waals surface area contributed by atoms with Crippen molar-refractivity contribution < 1.29 is 18.7 Å². The molecule has 0 unspecified atom stereocenters. The molecule has 0 bridgehead atoms. The van der Waals surface area contributed by atoms with Crippen LogP contribution in [0.25, 0.3) is 0 Å². The fourth-order valence-corrected chi connectivity index (χ4v) is 2.77. The second kappa shape index (κ2) is 7.35. The molecule has 1 N–H and O–H groups in total. The summed E-state index contributed by atoms with van der Waals surface area (Å²) >= 11 is 1.10. The molecule has 0 radical (unpaired) electrons. The standard InChI is InChI=1S/C15H16N4O4S/c1-10-3-2-4-11(7-10)22-8-12-17-18-15(23-12)24-9-13(20)19-6-5-16-14(19)21/h2-4,7H,5-6,8-9H2,1H3,(H,16,21). The predicted octanol–water partition coefficient (Wildman–Crippen LogP) is 1.60. The molecule has 1 aliphatic rings. The van der Waals surface area contributed by atoms with Crippen LogP contribution in [0, 0.1) is 6.92 Å². The van der Waals surface area contributed by atoms with Crippen LogP contribution >= 0.6 is 11.8 Å². The number of hydrogen-bond acceptors (Lipinski definition) is 7. The molecule has 0 saturated carbocycles. The van der Waals surface area contributed by atoms with Gasteiger partial charge in [0.1, 0.15) is 5.75 Å². The second-order valence-corrected chi connectivity index (χ2v) is 6.06. The van der Waals surface area contributed by atoms with E-state index in [1.54, 1.807) is 0 Å². The van der Waals surface area contributed by atoms with Gasteiger partial charge in [-0.25, -0.2) is 4.79 Å². The van der Waals surface area contributed by atoms with Crippen molar-refractivity contribution in [2.75, 3.05) is 18.8 Å². The third kappa shape index (κ3) is 4.05. The van der Waals surface area contributed by atoms with Crippen molar-refractivity contribution in [3.63, 3.8) is 0 Å². The minimum Gasteiger partial charge on any atom is -0.484 e. The first-order valence-electron chi connectivity index (χ1n) is 7.34. The van der Waals surface area contributed by atoms with Crippen molar-refractivity contribution in [3.8, 4) is 5.75 Å². The Hall–Kier alpha value is -2.55. The first kappa shape index (κ1) is 16.3. The number of ether oxygens (including phenoxy) is 1. The molecule has 0 atom stereocenters. The quantitative estimate of drug-likeness (QED) is 0.792. The number of rotatable bonds is 6.